The predicted molar refractivity (Wildman–Crippen MR) is 97.2 cm³/mol. The van der Waals surface area contributed by atoms with Crippen LogP contribution in [-0.4, -0.2) is 30.3 Å². The third kappa shape index (κ3) is 3.34. The van der Waals surface area contributed by atoms with Crippen molar-refractivity contribution in [2.24, 2.45) is 0 Å². The maximum absolute atomic E-state index is 14.0. The SMILES string of the molecule is Cc1c(-c2nsc(NC(=O)c3cccs3)n2)nnn1-c1ccc(F)cc1F. The molecule has 0 bridgehead atoms. The Balaban J connectivity index is 1.61. The van der Waals surface area contributed by atoms with Crippen molar-refractivity contribution < 1.29 is 13.6 Å². The molecular weight excluding hydrogens is 394 g/mol. The Bertz CT molecular complexity index is 1120. The van der Waals surface area contributed by atoms with E-state index in [1.165, 1.54) is 22.1 Å². The van der Waals surface area contributed by atoms with Gasteiger partial charge in [0, 0.05) is 17.6 Å². The molecule has 4 rings (SSSR count). The zero-order valence-corrected chi connectivity index (χ0v) is 15.3. The Hall–Kier alpha value is -3.05. The Kier molecular flexibility index (Phi) is 4.46. The minimum absolute atomic E-state index is 0.0640. The summed E-state index contributed by atoms with van der Waals surface area (Å²) in [5.74, 6) is -1.46. The quantitative estimate of drug-likeness (QED) is 0.561. The average molecular weight is 404 g/mol. The molecule has 0 aliphatic rings. The van der Waals surface area contributed by atoms with Crippen LogP contribution in [0, 0.1) is 18.6 Å². The summed E-state index contributed by atoms with van der Waals surface area (Å²) in [6.45, 7) is 1.67. The highest BCUT2D eigenvalue weighted by molar-refractivity contribution is 7.12. The van der Waals surface area contributed by atoms with E-state index in [1.54, 1.807) is 24.4 Å². The fraction of sp³-hybridized carbons (Fsp3) is 0.0625. The van der Waals surface area contributed by atoms with E-state index in [0.717, 1.165) is 23.7 Å². The normalized spacial score (nSPS) is 10.9. The number of rotatable bonds is 4. The summed E-state index contributed by atoms with van der Waals surface area (Å²) in [5, 5.41) is 12.7. The van der Waals surface area contributed by atoms with E-state index in [1.807, 2.05) is 0 Å². The fourth-order valence-corrected chi connectivity index (χ4v) is 3.54. The van der Waals surface area contributed by atoms with Crippen molar-refractivity contribution in [3.05, 3.63) is 57.9 Å². The van der Waals surface area contributed by atoms with Crippen molar-refractivity contribution in [1.82, 2.24) is 24.4 Å². The number of carbonyl (C=O) groups excluding carboxylic acids is 1. The van der Waals surface area contributed by atoms with Crippen LogP contribution in [0.2, 0.25) is 0 Å². The Morgan fingerprint density at radius 1 is 1.26 bits per heavy atom. The minimum atomic E-state index is -0.760. The molecule has 11 heteroatoms. The first-order valence-electron chi connectivity index (χ1n) is 7.59. The van der Waals surface area contributed by atoms with Crippen LogP contribution in [-0.2, 0) is 0 Å². The van der Waals surface area contributed by atoms with Gasteiger partial charge in [-0.1, -0.05) is 11.3 Å². The molecule has 3 heterocycles. The molecule has 0 saturated carbocycles. The van der Waals surface area contributed by atoms with E-state index in [0.29, 0.717) is 21.4 Å². The van der Waals surface area contributed by atoms with Gasteiger partial charge in [-0.3, -0.25) is 10.1 Å². The van der Waals surface area contributed by atoms with Gasteiger partial charge in [-0.25, -0.2) is 13.5 Å². The summed E-state index contributed by atoms with van der Waals surface area (Å²) in [7, 11) is 0. The van der Waals surface area contributed by atoms with Crippen LogP contribution in [0.1, 0.15) is 15.4 Å². The number of amides is 1. The second-order valence-corrected chi connectivity index (χ2v) is 7.09. The highest BCUT2D eigenvalue weighted by atomic mass is 32.1. The summed E-state index contributed by atoms with van der Waals surface area (Å²) in [6.07, 6.45) is 0. The molecule has 4 aromatic rings. The Morgan fingerprint density at radius 2 is 2.11 bits per heavy atom. The predicted octanol–water partition coefficient (Wildman–Crippen LogP) is 3.69. The van der Waals surface area contributed by atoms with E-state index < -0.39 is 11.6 Å². The van der Waals surface area contributed by atoms with Gasteiger partial charge in [-0.05, 0) is 30.5 Å². The van der Waals surface area contributed by atoms with Gasteiger partial charge in [-0.2, -0.15) is 9.36 Å². The van der Waals surface area contributed by atoms with Crippen molar-refractivity contribution >= 4 is 33.9 Å². The van der Waals surface area contributed by atoms with Crippen molar-refractivity contribution in [2.45, 2.75) is 6.92 Å². The maximum atomic E-state index is 14.0. The van der Waals surface area contributed by atoms with Crippen LogP contribution in [0.4, 0.5) is 13.9 Å². The molecule has 0 unspecified atom stereocenters. The molecule has 0 fully saturated rings. The molecule has 0 spiro atoms. The molecule has 0 atom stereocenters. The van der Waals surface area contributed by atoms with E-state index in [9.17, 15) is 13.6 Å². The van der Waals surface area contributed by atoms with E-state index in [4.69, 9.17) is 0 Å². The summed E-state index contributed by atoms with van der Waals surface area (Å²) < 4.78 is 32.5. The van der Waals surface area contributed by atoms with Gasteiger partial charge in [0.15, 0.2) is 17.3 Å². The monoisotopic (exact) mass is 404 g/mol. The van der Waals surface area contributed by atoms with Gasteiger partial charge in [0.25, 0.3) is 5.91 Å². The second kappa shape index (κ2) is 6.93. The zero-order valence-electron chi connectivity index (χ0n) is 13.7. The first-order chi connectivity index (χ1) is 13.0. The molecule has 7 nitrogen and oxygen atoms in total. The third-order valence-corrected chi connectivity index (χ3v) is 5.13. The highest BCUT2D eigenvalue weighted by Gasteiger charge is 2.19. The van der Waals surface area contributed by atoms with Gasteiger partial charge < -0.3 is 0 Å². The minimum Gasteiger partial charge on any atom is -0.296 e. The smallest absolute Gasteiger partial charge is 0.267 e. The van der Waals surface area contributed by atoms with Crippen molar-refractivity contribution in [2.75, 3.05) is 5.32 Å². The molecular formula is C16H10F2N6OS2. The molecule has 0 aliphatic carbocycles. The van der Waals surface area contributed by atoms with Crippen LogP contribution >= 0.6 is 22.9 Å². The molecule has 0 aliphatic heterocycles. The zero-order chi connectivity index (χ0) is 19.0. The number of hydrogen-bond acceptors (Lipinski definition) is 7. The lowest BCUT2D eigenvalue weighted by Gasteiger charge is -2.04. The number of benzene rings is 1. The maximum Gasteiger partial charge on any atom is 0.267 e. The molecule has 1 N–H and O–H groups in total. The summed E-state index contributed by atoms with van der Waals surface area (Å²) in [4.78, 5) is 16.9. The lowest BCUT2D eigenvalue weighted by atomic mass is 10.2. The fourth-order valence-electron chi connectivity index (χ4n) is 2.35. The van der Waals surface area contributed by atoms with E-state index in [2.05, 4.69) is 25.0 Å². The number of hydrogen-bond donors (Lipinski definition) is 1. The Labute approximate surface area is 159 Å². The topological polar surface area (TPSA) is 85.6 Å². The summed E-state index contributed by atoms with van der Waals surface area (Å²) in [5.41, 5.74) is 0.884. The first-order valence-corrected chi connectivity index (χ1v) is 9.25. The molecule has 0 radical (unpaired) electrons. The number of aromatic nitrogens is 5. The highest BCUT2D eigenvalue weighted by Crippen LogP contribution is 2.25. The number of nitrogens with one attached hydrogen (secondary N) is 1. The van der Waals surface area contributed by atoms with Crippen LogP contribution in [0.3, 0.4) is 0 Å². The van der Waals surface area contributed by atoms with Crippen LogP contribution in [0.25, 0.3) is 17.2 Å². The molecule has 0 saturated heterocycles. The van der Waals surface area contributed by atoms with Crippen LogP contribution in [0.15, 0.2) is 35.7 Å². The van der Waals surface area contributed by atoms with Crippen molar-refractivity contribution in [3.63, 3.8) is 0 Å². The van der Waals surface area contributed by atoms with Gasteiger partial charge in [0.05, 0.1) is 10.6 Å². The molecule has 3 aromatic heterocycles. The standard InChI is InChI=1S/C16H10F2N6OS2/c1-8-13(21-23-24(8)11-5-4-9(17)7-10(11)18)14-19-16(27-22-14)20-15(25)12-3-2-6-26-12/h2-7H,1H3,(H,19,20,22,25). The van der Waals surface area contributed by atoms with E-state index >= 15 is 0 Å². The summed E-state index contributed by atoms with van der Waals surface area (Å²) in [6, 6.07) is 6.67. The number of halogens is 2. The Morgan fingerprint density at radius 3 is 2.85 bits per heavy atom. The summed E-state index contributed by atoms with van der Waals surface area (Å²) >= 11 is 2.32. The van der Waals surface area contributed by atoms with Gasteiger partial charge in [-0.15, -0.1) is 16.4 Å². The molecule has 1 amide bonds. The second-order valence-electron chi connectivity index (χ2n) is 5.39. The third-order valence-electron chi connectivity index (χ3n) is 3.64. The average Bonchev–Trinajstić information content (AvgIpc) is 3.36. The number of anilines is 1. The molecule has 1 aromatic carbocycles. The molecule has 27 heavy (non-hydrogen) atoms. The lowest BCUT2D eigenvalue weighted by molar-refractivity contribution is 0.103. The largest absolute Gasteiger partial charge is 0.296 e. The number of nitrogens with zero attached hydrogens (tertiary/aromatic N) is 5. The van der Waals surface area contributed by atoms with Crippen LogP contribution < -0.4 is 5.32 Å². The van der Waals surface area contributed by atoms with Crippen LogP contribution in [0.5, 0.6) is 0 Å². The first kappa shape index (κ1) is 17.4. The van der Waals surface area contributed by atoms with Crippen molar-refractivity contribution in [1.29, 1.82) is 0 Å². The van der Waals surface area contributed by atoms with Crippen molar-refractivity contribution in [3.8, 4) is 17.2 Å². The lowest BCUT2D eigenvalue weighted by Crippen LogP contribution is -2.09. The van der Waals surface area contributed by atoms with Gasteiger partial charge >= 0.3 is 0 Å². The van der Waals surface area contributed by atoms with E-state index in [-0.39, 0.29) is 17.4 Å². The molecule has 136 valence electrons. The van der Waals surface area contributed by atoms with Gasteiger partial charge in [0.2, 0.25) is 5.13 Å². The number of thiophene rings is 1. The number of carbonyl (C=O) groups is 1. The van der Waals surface area contributed by atoms with Gasteiger partial charge in [0.1, 0.15) is 11.5 Å².